The van der Waals surface area contributed by atoms with E-state index in [2.05, 4.69) is 20.7 Å². The summed E-state index contributed by atoms with van der Waals surface area (Å²) in [5.74, 6) is -1.78. The molecule has 0 radical (unpaired) electrons. The third-order valence-electron chi connectivity index (χ3n) is 2.72. The first-order valence-electron chi connectivity index (χ1n) is 5.06. The second-order valence-electron chi connectivity index (χ2n) is 4.02. The van der Waals surface area contributed by atoms with Gasteiger partial charge in [0.15, 0.2) is 0 Å². The highest BCUT2D eigenvalue weighted by molar-refractivity contribution is 9.10. The predicted octanol–water partition coefficient (Wildman–Crippen LogP) is 3.96. The maximum atomic E-state index is 12.0. The van der Waals surface area contributed by atoms with Gasteiger partial charge in [-0.05, 0) is 46.0 Å². The van der Waals surface area contributed by atoms with Gasteiger partial charge in [0.05, 0.1) is 10.4 Å². The van der Waals surface area contributed by atoms with Crippen LogP contribution in [0.5, 0.6) is 5.75 Å². The maximum absolute atomic E-state index is 12.0. The van der Waals surface area contributed by atoms with E-state index >= 15 is 0 Å². The number of rotatable bonds is 3. The van der Waals surface area contributed by atoms with Crippen molar-refractivity contribution in [1.29, 1.82) is 0 Å². The largest absolute Gasteiger partial charge is 0.573 e. The summed E-state index contributed by atoms with van der Waals surface area (Å²) in [5, 5.41) is 8.78. The van der Waals surface area contributed by atoms with Crippen molar-refractivity contribution in [3.8, 4) is 5.75 Å². The van der Waals surface area contributed by atoms with Crippen molar-refractivity contribution < 1.29 is 27.8 Å². The van der Waals surface area contributed by atoms with Crippen LogP contribution in [0, 0.1) is 5.92 Å². The van der Waals surface area contributed by atoms with Crippen LogP contribution in [0.2, 0.25) is 0 Å². The average Bonchev–Trinajstić information content (AvgIpc) is 2.98. The molecule has 2 rings (SSSR count). The summed E-state index contributed by atoms with van der Waals surface area (Å²) >= 11 is 2.98. The molecule has 1 fully saturated rings. The fraction of sp³-hybridized carbons (Fsp3) is 0.364. The van der Waals surface area contributed by atoms with Crippen LogP contribution in [0.15, 0.2) is 22.7 Å². The molecule has 1 N–H and O–H groups in total. The number of halogens is 5. The van der Waals surface area contributed by atoms with Crippen LogP contribution in [0.1, 0.15) is 17.9 Å². The smallest absolute Gasteiger partial charge is 0.481 e. The third-order valence-corrected chi connectivity index (χ3v) is 3.34. The second kappa shape index (κ2) is 5.58. The summed E-state index contributed by atoms with van der Waals surface area (Å²) in [7, 11) is 0. The van der Waals surface area contributed by atoms with Gasteiger partial charge in [-0.2, -0.15) is 0 Å². The molecule has 1 aromatic rings. The number of carbonyl (C=O) groups is 1. The minimum absolute atomic E-state index is 0. The van der Waals surface area contributed by atoms with Crippen molar-refractivity contribution in [3.05, 3.63) is 28.2 Å². The highest BCUT2D eigenvalue weighted by atomic mass is 79.9. The molecule has 1 saturated carbocycles. The van der Waals surface area contributed by atoms with E-state index in [0.29, 0.717) is 12.0 Å². The van der Waals surface area contributed by atoms with Gasteiger partial charge < -0.3 is 9.84 Å². The quantitative estimate of drug-likeness (QED) is 0.886. The SMILES string of the molecule is Cl.O=C(O)C1CC1c1ccc(OC(F)(F)F)c(Br)c1. The van der Waals surface area contributed by atoms with Gasteiger partial charge in [-0.15, -0.1) is 25.6 Å². The van der Waals surface area contributed by atoms with Gasteiger partial charge in [-0.3, -0.25) is 4.79 Å². The lowest BCUT2D eigenvalue weighted by atomic mass is 10.1. The van der Waals surface area contributed by atoms with Crippen molar-refractivity contribution >= 4 is 34.3 Å². The van der Waals surface area contributed by atoms with Crippen LogP contribution < -0.4 is 4.74 Å². The number of benzene rings is 1. The van der Waals surface area contributed by atoms with E-state index in [4.69, 9.17) is 5.11 Å². The lowest BCUT2D eigenvalue weighted by molar-refractivity contribution is -0.274. The van der Waals surface area contributed by atoms with Crippen LogP contribution in [-0.2, 0) is 4.79 Å². The number of hydrogen-bond acceptors (Lipinski definition) is 2. The van der Waals surface area contributed by atoms with E-state index in [9.17, 15) is 18.0 Å². The molecule has 0 amide bonds. The summed E-state index contributed by atoms with van der Waals surface area (Å²) in [6, 6.07) is 4.11. The third kappa shape index (κ3) is 4.01. The molecule has 0 aliphatic heterocycles. The Morgan fingerprint density at radius 2 is 2.05 bits per heavy atom. The summed E-state index contributed by atoms with van der Waals surface area (Å²) in [6.07, 6.45) is -4.23. The van der Waals surface area contributed by atoms with Gasteiger partial charge in [0, 0.05) is 0 Å². The molecule has 1 aliphatic carbocycles. The zero-order chi connectivity index (χ0) is 13.5. The van der Waals surface area contributed by atoms with E-state index in [0.717, 1.165) is 0 Å². The summed E-state index contributed by atoms with van der Waals surface area (Å²) in [4.78, 5) is 10.7. The van der Waals surface area contributed by atoms with E-state index in [-0.39, 0.29) is 28.5 Å². The summed E-state index contributed by atoms with van der Waals surface area (Å²) < 4.78 is 40.1. The fourth-order valence-corrected chi connectivity index (χ4v) is 2.27. The predicted molar refractivity (Wildman–Crippen MR) is 66.6 cm³/mol. The first kappa shape index (κ1) is 16.1. The Bertz CT molecular complexity index is 493. The molecule has 1 aliphatic rings. The Kier molecular flexibility index (Phi) is 4.73. The zero-order valence-electron chi connectivity index (χ0n) is 9.28. The standard InChI is InChI=1S/C11H8BrF3O3.ClH/c12-8-3-5(6-4-7(6)10(16)17)1-2-9(8)18-11(13,14)15;/h1-3,6-7H,4H2,(H,16,17);1H. The van der Waals surface area contributed by atoms with Crippen molar-refractivity contribution in [2.24, 2.45) is 5.92 Å². The summed E-state index contributed by atoms with van der Waals surface area (Å²) in [5.41, 5.74) is 0.698. The van der Waals surface area contributed by atoms with Crippen molar-refractivity contribution in [1.82, 2.24) is 0 Å². The van der Waals surface area contributed by atoms with E-state index < -0.39 is 18.2 Å². The minimum atomic E-state index is -4.74. The Morgan fingerprint density at radius 1 is 1.42 bits per heavy atom. The Labute approximate surface area is 121 Å². The van der Waals surface area contributed by atoms with E-state index in [1.807, 2.05) is 0 Å². The molecule has 8 heteroatoms. The number of alkyl halides is 3. The molecule has 3 nitrogen and oxygen atoms in total. The first-order chi connectivity index (χ1) is 8.28. The van der Waals surface area contributed by atoms with Gasteiger partial charge in [-0.1, -0.05) is 6.07 Å². The Balaban J connectivity index is 0.00000180. The van der Waals surface area contributed by atoms with Gasteiger partial charge in [-0.25, -0.2) is 0 Å². The number of hydrogen-bond donors (Lipinski definition) is 1. The molecular weight excluding hydrogens is 352 g/mol. The number of carboxylic acids is 1. The maximum Gasteiger partial charge on any atom is 0.573 e. The zero-order valence-corrected chi connectivity index (χ0v) is 11.7. The molecule has 2 atom stereocenters. The lowest BCUT2D eigenvalue weighted by Gasteiger charge is -2.11. The fourth-order valence-electron chi connectivity index (χ4n) is 1.79. The van der Waals surface area contributed by atoms with Gasteiger partial charge in [0.1, 0.15) is 5.75 Å². The van der Waals surface area contributed by atoms with Crippen molar-refractivity contribution in [2.45, 2.75) is 18.7 Å². The molecule has 0 aromatic heterocycles. The highest BCUT2D eigenvalue weighted by Crippen LogP contribution is 2.48. The first-order valence-corrected chi connectivity index (χ1v) is 5.85. The molecule has 106 valence electrons. The molecule has 0 spiro atoms. The second-order valence-corrected chi connectivity index (χ2v) is 4.88. The van der Waals surface area contributed by atoms with Crippen molar-refractivity contribution in [3.63, 3.8) is 0 Å². The topological polar surface area (TPSA) is 46.5 Å². The minimum Gasteiger partial charge on any atom is -0.481 e. The number of ether oxygens (including phenoxy) is 1. The molecule has 0 saturated heterocycles. The van der Waals surface area contributed by atoms with Gasteiger partial charge in [0.25, 0.3) is 0 Å². The van der Waals surface area contributed by atoms with Crippen LogP contribution in [0.25, 0.3) is 0 Å². The molecule has 1 aromatic carbocycles. The van der Waals surface area contributed by atoms with Crippen LogP contribution in [0.4, 0.5) is 13.2 Å². The average molecular weight is 362 g/mol. The van der Waals surface area contributed by atoms with Crippen LogP contribution >= 0.6 is 28.3 Å². The Morgan fingerprint density at radius 3 is 2.47 bits per heavy atom. The summed E-state index contributed by atoms with van der Waals surface area (Å²) in [6.45, 7) is 0. The van der Waals surface area contributed by atoms with Gasteiger partial charge in [0.2, 0.25) is 0 Å². The molecule has 2 unspecified atom stereocenters. The monoisotopic (exact) mass is 360 g/mol. The highest BCUT2D eigenvalue weighted by Gasteiger charge is 2.44. The van der Waals surface area contributed by atoms with Gasteiger partial charge >= 0.3 is 12.3 Å². The lowest BCUT2D eigenvalue weighted by Crippen LogP contribution is -2.17. The van der Waals surface area contributed by atoms with E-state index in [1.165, 1.54) is 18.2 Å². The Hall–Kier alpha value is -0.950. The number of carboxylic acid groups (broad SMARTS) is 1. The van der Waals surface area contributed by atoms with Crippen LogP contribution in [-0.4, -0.2) is 17.4 Å². The molecule has 0 bridgehead atoms. The molecule has 0 heterocycles. The van der Waals surface area contributed by atoms with Crippen LogP contribution in [0.3, 0.4) is 0 Å². The molecule has 19 heavy (non-hydrogen) atoms. The molecular formula is C11H9BrClF3O3. The number of aliphatic carboxylic acids is 1. The van der Waals surface area contributed by atoms with E-state index in [1.54, 1.807) is 0 Å². The van der Waals surface area contributed by atoms with Crippen molar-refractivity contribution in [2.75, 3.05) is 0 Å². The normalized spacial score (nSPS) is 21.5.